The number of carbonyl (C=O) groups excluding carboxylic acids is 3. The molecule has 2 aromatic carbocycles. The van der Waals surface area contributed by atoms with Gasteiger partial charge in [0.15, 0.2) is 5.78 Å². The summed E-state index contributed by atoms with van der Waals surface area (Å²) < 4.78 is 0.874. The minimum Gasteiger partial charge on any atom is -0.358 e. The third-order valence-electron chi connectivity index (χ3n) is 5.17. The van der Waals surface area contributed by atoms with Crippen molar-refractivity contribution in [2.75, 3.05) is 6.54 Å². The molecular formula is C21H18BrN3O3. The number of H-pyrrole nitrogens is 1. The third kappa shape index (κ3) is 2.82. The molecule has 1 aliphatic rings. The van der Waals surface area contributed by atoms with Crippen LogP contribution < -0.4 is 5.32 Å². The summed E-state index contributed by atoms with van der Waals surface area (Å²) in [6.07, 6.45) is 0. The second-order valence-corrected chi connectivity index (χ2v) is 7.96. The van der Waals surface area contributed by atoms with Crippen molar-refractivity contribution in [3.05, 3.63) is 69.8 Å². The van der Waals surface area contributed by atoms with Gasteiger partial charge < -0.3 is 10.3 Å². The molecule has 142 valence electrons. The first-order chi connectivity index (χ1) is 13.3. The molecule has 1 aromatic heterocycles. The Hall–Kier alpha value is -2.93. The summed E-state index contributed by atoms with van der Waals surface area (Å²) in [4.78, 5) is 42.7. The Bertz CT molecular complexity index is 1120. The number of halogens is 1. The Morgan fingerprint density at radius 1 is 1.11 bits per heavy atom. The molecule has 0 spiro atoms. The van der Waals surface area contributed by atoms with E-state index in [-0.39, 0.29) is 12.3 Å². The van der Waals surface area contributed by atoms with Gasteiger partial charge in [-0.2, -0.15) is 0 Å². The zero-order chi connectivity index (χ0) is 20.1. The highest BCUT2D eigenvalue weighted by Crippen LogP contribution is 2.30. The van der Waals surface area contributed by atoms with Gasteiger partial charge in [-0.15, -0.1) is 0 Å². The number of hydrogen-bond acceptors (Lipinski definition) is 3. The average molecular weight is 440 g/mol. The highest BCUT2D eigenvalue weighted by atomic mass is 79.9. The number of hydrogen-bond donors (Lipinski definition) is 2. The van der Waals surface area contributed by atoms with Crippen molar-refractivity contribution in [3.8, 4) is 0 Å². The van der Waals surface area contributed by atoms with E-state index in [1.807, 2.05) is 43.3 Å². The minimum atomic E-state index is -1.20. The number of aryl methyl sites for hydroxylation is 1. The fourth-order valence-electron chi connectivity index (χ4n) is 3.68. The molecule has 1 saturated heterocycles. The second-order valence-electron chi connectivity index (χ2n) is 7.05. The van der Waals surface area contributed by atoms with Gasteiger partial charge in [-0.05, 0) is 37.6 Å². The highest BCUT2D eigenvalue weighted by Gasteiger charge is 2.49. The maximum absolute atomic E-state index is 13.0. The van der Waals surface area contributed by atoms with Crippen LogP contribution in [0.3, 0.4) is 0 Å². The number of amides is 3. The van der Waals surface area contributed by atoms with Crippen LogP contribution in [0.5, 0.6) is 0 Å². The molecule has 3 aromatic rings. The van der Waals surface area contributed by atoms with Gasteiger partial charge in [-0.25, -0.2) is 4.79 Å². The van der Waals surface area contributed by atoms with Gasteiger partial charge >= 0.3 is 6.03 Å². The number of urea groups is 1. The quantitative estimate of drug-likeness (QED) is 0.477. The van der Waals surface area contributed by atoms with E-state index < -0.39 is 17.5 Å². The third-order valence-corrected chi connectivity index (χ3v) is 5.70. The van der Waals surface area contributed by atoms with E-state index in [0.717, 1.165) is 20.3 Å². The van der Waals surface area contributed by atoms with E-state index in [1.165, 1.54) is 0 Å². The predicted octanol–water partition coefficient (Wildman–Crippen LogP) is 3.89. The van der Waals surface area contributed by atoms with Crippen LogP contribution in [0.2, 0.25) is 0 Å². The Balaban J connectivity index is 1.64. The maximum Gasteiger partial charge on any atom is 0.325 e. The number of carbonyl (C=O) groups is 3. The van der Waals surface area contributed by atoms with Crippen LogP contribution >= 0.6 is 15.9 Å². The molecule has 7 heteroatoms. The largest absolute Gasteiger partial charge is 0.358 e. The molecule has 2 N–H and O–H groups in total. The molecule has 0 bridgehead atoms. The molecule has 28 heavy (non-hydrogen) atoms. The van der Waals surface area contributed by atoms with E-state index >= 15 is 0 Å². The standard InChI is InChI=1S/C21H18BrN3O3/c1-12-18(15-5-3-4-6-16(15)23-12)17(26)11-25-19(27)21(2,24-20(25)28)13-7-9-14(22)10-8-13/h3-10,23H,11H2,1-2H3,(H,24,28). The molecule has 2 heterocycles. The fourth-order valence-corrected chi connectivity index (χ4v) is 3.94. The summed E-state index contributed by atoms with van der Waals surface area (Å²) in [5.74, 6) is -0.718. The van der Waals surface area contributed by atoms with Crippen LogP contribution in [0.4, 0.5) is 4.79 Å². The number of imide groups is 1. The second kappa shape index (κ2) is 6.60. The average Bonchev–Trinajstić information content (AvgIpc) is 3.11. The first-order valence-corrected chi connectivity index (χ1v) is 9.61. The molecule has 0 aliphatic carbocycles. The van der Waals surface area contributed by atoms with Crippen LogP contribution in [0.1, 0.15) is 28.5 Å². The van der Waals surface area contributed by atoms with Gasteiger partial charge in [-0.3, -0.25) is 14.5 Å². The van der Waals surface area contributed by atoms with Gasteiger partial charge in [0.05, 0.1) is 6.54 Å². The summed E-state index contributed by atoms with van der Waals surface area (Å²) in [7, 11) is 0. The topological polar surface area (TPSA) is 82.3 Å². The molecule has 6 nitrogen and oxygen atoms in total. The van der Waals surface area contributed by atoms with Crippen molar-refractivity contribution >= 4 is 44.6 Å². The number of para-hydroxylation sites is 1. The van der Waals surface area contributed by atoms with E-state index in [4.69, 9.17) is 0 Å². The van der Waals surface area contributed by atoms with E-state index in [0.29, 0.717) is 16.8 Å². The lowest BCUT2D eigenvalue weighted by Crippen LogP contribution is -2.41. The van der Waals surface area contributed by atoms with Crippen LogP contribution in [0.25, 0.3) is 10.9 Å². The van der Waals surface area contributed by atoms with Crippen molar-refractivity contribution in [1.82, 2.24) is 15.2 Å². The molecule has 4 rings (SSSR count). The van der Waals surface area contributed by atoms with Crippen molar-refractivity contribution < 1.29 is 14.4 Å². The smallest absolute Gasteiger partial charge is 0.325 e. The number of aromatic amines is 1. The number of Topliss-reactive ketones (excluding diaryl/α,β-unsaturated/α-hetero) is 1. The predicted molar refractivity (Wildman–Crippen MR) is 109 cm³/mol. The summed E-state index contributed by atoms with van der Waals surface area (Å²) >= 11 is 3.36. The molecule has 1 atom stereocenters. The number of fused-ring (bicyclic) bond motifs is 1. The number of nitrogens with one attached hydrogen (secondary N) is 2. The summed E-state index contributed by atoms with van der Waals surface area (Å²) in [6, 6.07) is 14.1. The van der Waals surface area contributed by atoms with E-state index in [9.17, 15) is 14.4 Å². The molecule has 0 radical (unpaired) electrons. The minimum absolute atomic E-state index is 0.279. The molecule has 0 saturated carbocycles. The number of ketones is 1. The zero-order valence-corrected chi connectivity index (χ0v) is 17.0. The maximum atomic E-state index is 13.0. The van der Waals surface area contributed by atoms with E-state index in [2.05, 4.69) is 26.2 Å². The Kier molecular flexibility index (Phi) is 4.34. The number of aromatic nitrogens is 1. The molecule has 1 fully saturated rings. The summed E-state index contributed by atoms with van der Waals surface area (Å²) in [5.41, 5.74) is 1.53. The molecular weight excluding hydrogens is 422 g/mol. The lowest BCUT2D eigenvalue weighted by molar-refractivity contribution is -0.130. The van der Waals surface area contributed by atoms with Crippen molar-refractivity contribution in [3.63, 3.8) is 0 Å². The molecule has 3 amide bonds. The molecule has 1 unspecified atom stereocenters. The van der Waals surface area contributed by atoms with Crippen molar-refractivity contribution in [1.29, 1.82) is 0 Å². The monoisotopic (exact) mass is 439 g/mol. The number of rotatable bonds is 4. The van der Waals surface area contributed by atoms with Gasteiger partial charge in [-0.1, -0.05) is 46.3 Å². The van der Waals surface area contributed by atoms with E-state index in [1.54, 1.807) is 19.1 Å². The van der Waals surface area contributed by atoms with Gasteiger partial charge in [0.2, 0.25) is 0 Å². The Morgan fingerprint density at radius 2 is 1.79 bits per heavy atom. The van der Waals surface area contributed by atoms with Crippen LogP contribution in [-0.4, -0.2) is 34.2 Å². The van der Waals surface area contributed by atoms with Crippen LogP contribution in [0.15, 0.2) is 53.0 Å². The molecule has 1 aliphatic heterocycles. The number of nitrogens with zero attached hydrogens (tertiary/aromatic N) is 1. The first kappa shape index (κ1) is 18.4. The zero-order valence-electron chi connectivity index (χ0n) is 15.4. The van der Waals surface area contributed by atoms with Crippen molar-refractivity contribution in [2.24, 2.45) is 0 Å². The summed E-state index contributed by atoms with van der Waals surface area (Å²) in [6.45, 7) is 3.16. The van der Waals surface area contributed by atoms with Crippen LogP contribution in [-0.2, 0) is 10.3 Å². The SMILES string of the molecule is Cc1[nH]c2ccccc2c1C(=O)CN1C(=O)NC(C)(c2ccc(Br)cc2)C1=O. The van der Waals surface area contributed by atoms with Gasteiger partial charge in [0, 0.05) is 26.6 Å². The normalized spacial score (nSPS) is 19.3. The lowest BCUT2D eigenvalue weighted by atomic mass is 9.92. The van der Waals surface area contributed by atoms with Crippen LogP contribution in [0, 0.1) is 6.92 Å². The Labute approximate surface area is 170 Å². The highest BCUT2D eigenvalue weighted by molar-refractivity contribution is 9.10. The van der Waals surface area contributed by atoms with Gasteiger partial charge in [0.25, 0.3) is 5.91 Å². The van der Waals surface area contributed by atoms with Crippen molar-refractivity contribution in [2.45, 2.75) is 19.4 Å². The first-order valence-electron chi connectivity index (χ1n) is 8.82. The lowest BCUT2D eigenvalue weighted by Gasteiger charge is -2.22. The number of benzene rings is 2. The fraction of sp³-hybridized carbons (Fsp3) is 0.190. The van der Waals surface area contributed by atoms with Gasteiger partial charge in [0.1, 0.15) is 5.54 Å². The summed E-state index contributed by atoms with van der Waals surface area (Å²) in [5, 5.41) is 3.52. The Morgan fingerprint density at radius 3 is 2.50 bits per heavy atom.